The van der Waals surface area contributed by atoms with E-state index in [4.69, 9.17) is 0 Å². The molecule has 3 rings (SSSR count). The van der Waals surface area contributed by atoms with E-state index in [-0.39, 0.29) is 16.8 Å². The van der Waals surface area contributed by atoms with E-state index in [0.717, 1.165) is 23.1 Å². The minimum Gasteiger partial charge on any atom is -0.345 e. The first-order valence-electron chi connectivity index (χ1n) is 11.1. The fraction of sp³-hybridized carbons (Fsp3) is 0.296. The summed E-state index contributed by atoms with van der Waals surface area (Å²) in [6, 6.07) is 20.1. The molecular formula is C27H32N2O3S. The van der Waals surface area contributed by atoms with Crippen molar-refractivity contribution in [2.24, 2.45) is 5.92 Å². The maximum atomic E-state index is 13.2. The first-order chi connectivity index (χ1) is 15.6. The molecule has 1 atom stereocenters. The smallest absolute Gasteiger partial charge is 0.262 e. The van der Waals surface area contributed by atoms with Crippen molar-refractivity contribution in [2.45, 2.75) is 52.0 Å². The number of sulfonamides is 1. The SMILES string of the molecule is Cc1ccc(C)c(NS(=O)(=O)c2cc(C(=O)N[C@@H](CC(C)C)c3ccccc3)ccc2C)c1. The van der Waals surface area contributed by atoms with Gasteiger partial charge in [-0.1, -0.05) is 62.4 Å². The van der Waals surface area contributed by atoms with E-state index in [0.29, 0.717) is 22.7 Å². The quantitative estimate of drug-likeness (QED) is 0.434. The molecule has 0 aromatic heterocycles. The van der Waals surface area contributed by atoms with Gasteiger partial charge in [0.25, 0.3) is 15.9 Å². The van der Waals surface area contributed by atoms with Gasteiger partial charge < -0.3 is 5.32 Å². The minimum absolute atomic E-state index is 0.0937. The van der Waals surface area contributed by atoms with Gasteiger partial charge in [-0.15, -0.1) is 0 Å². The van der Waals surface area contributed by atoms with Gasteiger partial charge in [-0.05, 0) is 73.6 Å². The van der Waals surface area contributed by atoms with E-state index in [1.807, 2.05) is 56.3 Å². The van der Waals surface area contributed by atoms with Crippen molar-refractivity contribution >= 4 is 21.6 Å². The number of benzene rings is 3. The third kappa shape index (κ3) is 6.23. The van der Waals surface area contributed by atoms with Gasteiger partial charge in [0.15, 0.2) is 0 Å². The lowest BCUT2D eigenvalue weighted by molar-refractivity contribution is 0.0931. The highest BCUT2D eigenvalue weighted by atomic mass is 32.2. The van der Waals surface area contributed by atoms with E-state index < -0.39 is 10.0 Å². The molecule has 0 saturated heterocycles. The minimum atomic E-state index is -3.87. The Morgan fingerprint density at radius 3 is 2.21 bits per heavy atom. The average Bonchev–Trinajstić information content (AvgIpc) is 2.76. The van der Waals surface area contributed by atoms with E-state index in [2.05, 4.69) is 23.9 Å². The summed E-state index contributed by atoms with van der Waals surface area (Å²) in [5.74, 6) is 0.0823. The topological polar surface area (TPSA) is 75.3 Å². The molecule has 2 N–H and O–H groups in total. The lowest BCUT2D eigenvalue weighted by Gasteiger charge is -2.21. The number of hydrogen-bond donors (Lipinski definition) is 2. The Balaban J connectivity index is 1.89. The molecular weight excluding hydrogens is 432 g/mol. The van der Waals surface area contributed by atoms with Crippen molar-refractivity contribution in [3.63, 3.8) is 0 Å². The van der Waals surface area contributed by atoms with Crippen molar-refractivity contribution in [1.29, 1.82) is 0 Å². The molecule has 3 aromatic rings. The molecule has 0 heterocycles. The standard InChI is InChI=1S/C27H32N2O3S/c1-18(2)15-25(22-9-7-6-8-10-22)28-27(30)23-14-13-21(5)26(17-23)33(31,32)29-24-16-19(3)11-12-20(24)4/h6-14,16-18,25,29H,15H2,1-5H3,(H,28,30)/t25-/m0/s1. The van der Waals surface area contributed by atoms with Crippen LogP contribution in [0, 0.1) is 26.7 Å². The van der Waals surface area contributed by atoms with Gasteiger partial charge in [-0.3, -0.25) is 9.52 Å². The number of aryl methyl sites for hydroxylation is 3. The van der Waals surface area contributed by atoms with Gasteiger partial charge in [-0.25, -0.2) is 8.42 Å². The Morgan fingerprint density at radius 2 is 1.55 bits per heavy atom. The van der Waals surface area contributed by atoms with Crippen LogP contribution in [0.5, 0.6) is 0 Å². The Labute approximate surface area is 197 Å². The Kier molecular flexibility index (Phi) is 7.59. The van der Waals surface area contributed by atoms with Gasteiger partial charge >= 0.3 is 0 Å². The zero-order chi connectivity index (χ0) is 24.2. The first kappa shape index (κ1) is 24.5. The maximum Gasteiger partial charge on any atom is 0.262 e. The van der Waals surface area contributed by atoms with Crippen LogP contribution in [0.3, 0.4) is 0 Å². The van der Waals surface area contributed by atoms with Crippen LogP contribution in [0.2, 0.25) is 0 Å². The Morgan fingerprint density at radius 1 is 0.879 bits per heavy atom. The molecule has 0 aliphatic rings. The third-order valence-electron chi connectivity index (χ3n) is 5.59. The molecule has 0 saturated carbocycles. The molecule has 174 valence electrons. The summed E-state index contributed by atoms with van der Waals surface area (Å²) in [5, 5.41) is 3.09. The largest absolute Gasteiger partial charge is 0.345 e. The van der Waals surface area contributed by atoms with Crippen LogP contribution in [-0.2, 0) is 10.0 Å². The molecule has 1 amide bonds. The fourth-order valence-electron chi connectivity index (χ4n) is 3.75. The summed E-state index contributed by atoms with van der Waals surface area (Å²) in [6.07, 6.45) is 0.779. The molecule has 0 unspecified atom stereocenters. The number of nitrogens with one attached hydrogen (secondary N) is 2. The van der Waals surface area contributed by atoms with Crippen molar-refractivity contribution in [2.75, 3.05) is 4.72 Å². The van der Waals surface area contributed by atoms with Crippen LogP contribution in [0.1, 0.15) is 58.9 Å². The molecule has 5 nitrogen and oxygen atoms in total. The highest BCUT2D eigenvalue weighted by Gasteiger charge is 2.22. The summed E-state index contributed by atoms with van der Waals surface area (Å²) >= 11 is 0. The van der Waals surface area contributed by atoms with Crippen LogP contribution in [0.15, 0.2) is 71.6 Å². The van der Waals surface area contributed by atoms with E-state index in [1.54, 1.807) is 25.1 Å². The van der Waals surface area contributed by atoms with Crippen LogP contribution in [-0.4, -0.2) is 14.3 Å². The highest BCUT2D eigenvalue weighted by Crippen LogP contribution is 2.25. The van der Waals surface area contributed by atoms with Crippen LogP contribution >= 0.6 is 0 Å². The van der Waals surface area contributed by atoms with Crippen LogP contribution < -0.4 is 10.0 Å². The lowest BCUT2D eigenvalue weighted by atomic mass is 9.96. The van der Waals surface area contributed by atoms with Gasteiger partial charge in [0.05, 0.1) is 16.6 Å². The predicted octanol–water partition coefficient (Wildman–Crippen LogP) is 5.93. The monoisotopic (exact) mass is 464 g/mol. The average molecular weight is 465 g/mol. The van der Waals surface area contributed by atoms with Gasteiger partial charge in [0.2, 0.25) is 0 Å². The van der Waals surface area contributed by atoms with Gasteiger partial charge in [0, 0.05) is 5.56 Å². The van der Waals surface area contributed by atoms with Gasteiger partial charge in [0.1, 0.15) is 0 Å². The number of carbonyl (C=O) groups excluding carboxylic acids is 1. The fourth-order valence-corrected chi connectivity index (χ4v) is 5.15. The predicted molar refractivity (Wildman–Crippen MR) is 134 cm³/mol. The summed E-state index contributed by atoms with van der Waals surface area (Å²) < 4.78 is 29.1. The normalized spacial score (nSPS) is 12.4. The number of amides is 1. The summed E-state index contributed by atoms with van der Waals surface area (Å²) in [6.45, 7) is 9.71. The van der Waals surface area contributed by atoms with Gasteiger partial charge in [-0.2, -0.15) is 0 Å². The molecule has 6 heteroatoms. The van der Waals surface area contributed by atoms with E-state index >= 15 is 0 Å². The number of hydrogen-bond acceptors (Lipinski definition) is 3. The second kappa shape index (κ2) is 10.2. The van der Waals surface area contributed by atoms with Crippen molar-refractivity contribution in [1.82, 2.24) is 5.32 Å². The summed E-state index contributed by atoms with van der Waals surface area (Å²) in [5.41, 5.74) is 4.23. The zero-order valence-corrected chi connectivity index (χ0v) is 20.7. The Hall–Kier alpha value is -3.12. The second-order valence-electron chi connectivity index (χ2n) is 8.97. The van der Waals surface area contributed by atoms with Crippen molar-refractivity contribution in [3.05, 3.63) is 94.5 Å². The number of anilines is 1. The van der Waals surface area contributed by atoms with Crippen LogP contribution in [0.25, 0.3) is 0 Å². The number of rotatable bonds is 8. The molecule has 33 heavy (non-hydrogen) atoms. The molecule has 0 aliphatic carbocycles. The van der Waals surface area contributed by atoms with E-state index in [1.165, 1.54) is 6.07 Å². The molecule has 0 aliphatic heterocycles. The van der Waals surface area contributed by atoms with Crippen molar-refractivity contribution in [3.8, 4) is 0 Å². The lowest BCUT2D eigenvalue weighted by Crippen LogP contribution is -2.29. The first-order valence-corrected chi connectivity index (χ1v) is 12.6. The third-order valence-corrected chi connectivity index (χ3v) is 7.10. The molecule has 0 fully saturated rings. The maximum absolute atomic E-state index is 13.2. The Bertz CT molecular complexity index is 1240. The summed E-state index contributed by atoms with van der Waals surface area (Å²) in [4.78, 5) is 13.2. The molecule has 3 aromatic carbocycles. The van der Waals surface area contributed by atoms with Crippen LogP contribution in [0.4, 0.5) is 5.69 Å². The van der Waals surface area contributed by atoms with Crippen molar-refractivity contribution < 1.29 is 13.2 Å². The molecule has 0 spiro atoms. The van der Waals surface area contributed by atoms with E-state index in [9.17, 15) is 13.2 Å². The second-order valence-corrected chi connectivity index (χ2v) is 10.6. The zero-order valence-electron chi connectivity index (χ0n) is 19.8. The number of carbonyl (C=O) groups is 1. The molecule has 0 radical (unpaired) electrons. The summed E-state index contributed by atoms with van der Waals surface area (Å²) in [7, 11) is -3.87. The molecule has 0 bridgehead atoms. The highest BCUT2D eigenvalue weighted by molar-refractivity contribution is 7.92.